The SMILES string of the molecule is C=C[C@](N)(CO[C@@H](C)c1cc(C(F)(F)F)cc(C(F)(F)F)c1)c1ccccc1. The van der Waals surface area contributed by atoms with Crippen LogP contribution in [0.3, 0.4) is 0 Å². The summed E-state index contributed by atoms with van der Waals surface area (Å²) in [5.41, 5.74) is 2.71. The molecule has 0 amide bonds. The van der Waals surface area contributed by atoms with Crippen molar-refractivity contribution in [3.05, 3.63) is 83.4 Å². The molecule has 2 aromatic carbocycles. The Bertz CT molecular complexity index is 783. The predicted molar refractivity (Wildman–Crippen MR) is 93.3 cm³/mol. The normalized spacial score (nSPS) is 15.7. The molecule has 0 aromatic heterocycles. The van der Waals surface area contributed by atoms with Crippen LogP contribution >= 0.6 is 0 Å². The number of halogens is 6. The van der Waals surface area contributed by atoms with Crippen LogP contribution in [0.5, 0.6) is 0 Å². The molecule has 2 nitrogen and oxygen atoms in total. The van der Waals surface area contributed by atoms with Gasteiger partial charge in [0.25, 0.3) is 0 Å². The molecule has 2 atom stereocenters. The number of ether oxygens (including phenoxy) is 1. The Balaban J connectivity index is 2.30. The second-order valence-electron chi connectivity index (χ2n) is 6.40. The monoisotopic (exact) mass is 403 g/mol. The van der Waals surface area contributed by atoms with Gasteiger partial charge in [0.1, 0.15) is 0 Å². The maximum absolute atomic E-state index is 13.0. The molecule has 2 N–H and O–H groups in total. The topological polar surface area (TPSA) is 35.2 Å². The van der Waals surface area contributed by atoms with Gasteiger partial charge < -0.3 is 10.5 Å². The first-order valence-electron chi connectivity index (χ1n) is 8.26. The van der Waals surface area contributed by atoms with Crippen LogP contribution in [0.4, 0.5) is 26.3 Å². The minimum Gasteiger partial charge on any atom is -0.371 e. The molecule has 0 bridgehead atoms. The van der Waals surface area contributed by atoms with Crippen LogP contribution in [-0.2, 0) is 22.6 Å². The maximum Gasteiger partial charge on any atom is 0.416 e. The highest BCUT2D eigenvalue weighted by atomic mass is 19.4. The third-order valence-electron chi connectivity index (χ3n) is 4.33. The highest BCUT2D eigenvalue weighted by Gasteiger charge is 2.37. The second kappa shape index (κ2) is 7.97. The van der Waals surface area contributed by atoms with Gasteiger partial charge in [-0.05, 0) is 36.2 Å². The Kier molecular flexibility index (Phi) is 6.25. The van der Waals surface area contributed by atoms with Crippen molar-refractivity contribution in [1.29, 1.82) is 0 Å². The molecule has 0 aliphatic carbocycles. The Hall–Kier alpha value is -2.32. The van der Waals surface area contributed by atoms with Gasteiger partial charge in [0, 0.05) is 0 Å². The van der Waals surface area contributed by atoms with Crippen molar-refractivity contribution in [1.82, 2.24) is 0 Å². The standard InChI is InChI=1S/C20H19F6NO/c1-3-18(27,15-7-5-4-6-8-15)12-28-13(2)14-9-16(19(21,22)23)11-17(10-14)20(24,25)26/h3-11,13H,1,12,27H2,2H3/t13-,18-/m0/s1. The average Bonchev–Trinajstić information content (AvgIpc) is 2.64. The quantitative estimate of drug-likeness (QED) is 0.486. The zero-order chi connectivity index (χ0) is 21.2. The minimum absolute atomic E-state index is 0.0805. The number of hydrogen-bond donors (Lipinski definition) is 1. The van der Waals surface area contributed by atoms with Crippen molar-refractivity contribution in [3.63, 3.8) is 0 Å². The first kappa shape index (κ1) is 22.0. The molecule has 8 heteroatoms. The van der Waals surface area contributed by atoms with E-state index in [4.69, 9.17) is 10.5 Å². The lowest BCUT2D eigenvalue weighted by Crippen LogP contribution is -2.39. The van der Waals surface area contributed by atoms with Gasteiger partial charge in [0.2, 0.25) is 0 Å². The fourth-order valence-electron chi connectivity index (χ4n) is 2.58. The Morgan fingerprint density at radius 2 is 1.43 bits per heavy atom. The van der Waals surface area contributed by atoms with E-state index in [1.165, 1.54) is 13.0 Å². The van der Waals surface area contributed by atoms with Crippen LogP contribution in [0.2, 0.25) is 0 Å². The van der Waals surface area contributed by atoms with Crippen molar-refractivity contribution in [2.45, 2.75) is 30.9 Å². The first-order chi connectivity index (χ1) is 12.9. The van der Waals surface area contributed by atoms with E-state index in [0.717, 1.165) is 0 Å². The lowest BCUT2D eigenvalue weighted by Gasteiger charge is -2.28. The Morgan fingerprint density at radius 3 is 1.86 bits per heavy atom. The summed E-state index contributed by atoms with van der Waals surface area (Å²) >= 11 is 0. The van der Waals surface area contributed by atoms with Crippen molar-refractivity contribution in [3.8, 4) is 0 Å². The van der Waals surface area contributed by atoms with E-state index in [1.54, 1.807) is 30.3 Å². The largest absolute Gasteiger partial charge is 0.416 e. The summed E-state index contributed by atoms with van der Waals surface area (Å²) in [6, 6.07) is 10.1. The van der Waals surface area contributed by atoms with Gasteiger partial charge >= 0.3 is 12.4 Å². The Labute approximate surface area is 158 Å². The van der Waals surface area contributed by atoms with Crippen LogP contribution < -0.4 is 5.73 Å². The predicted octanol–water partition coefficient (Wildman–Crippen LogP) is 5.84. The van der Waals surface area contributed by atoms with Gasteiger partial charge in [-0.2, -0.15) is 26.3 Å². The van der Waals surface area contributed by atoms with Crippen molar-refractivity contribution < 1.29 is 31.1 Å². The van der Waals surface area contributed by atoms with Crippen molar-refractivity contribution >= 4 is 0 Å². The van der Waals surface area contributed by atoms with Crippen LogP contribution in [-0.4, -0.2) is 6.61 Å². The molecule has 2 rings (SSSR count). The van der Waals surface area contributed by atoms with Crippen LogP contribution in [0.1, 0.15) is 35.3 Å². The summed E-state index contributed by atoms with van der Waals surface area (Å²) in [5, 5.41) is 0. The molecular formula is C20H19F6NO. The van der Waals surface area contributed by atoms with Gasteiger partial charge in [0.05, 0.1) is 29.4 Å². The second-order valence-corrected chi connectivity index (χ2v) is 6.40. The average molecular weight is 403 g/mol. The number of hydrogen-bond acceptors (Lipinski definition) is 2. The van der Waals surface area contributed by atoms with E-state index in [2.05, 4.69) is 6.58 Å². The fourth-order valence-corrected chi connectivity index (χ4v) is 2.58. The number of alkyl halides is 6. The summed E-state index contributed by atoms with van der Waals surface area (Å²) in [5.74, 6) is 0. The minimum atomic E-state index is -4.92. The van der Waals surface area contributed by atoms with E-state index in [-0.39, 0.29) is 18.2 Å². The summed E-state index contributed by atoms with van der Waals surface area (Å²) in [6.07, 6.45) is -9.48. The molecule has 0 aliphatic heterocycles. The van der Waals surface area contributed by atoms with Gasteiger partial charge in [-0.25, -0.2) is 0 Å². The molecule has 0 spiro atoms. The number of benzene rings is 2. The third-order valence-corrected chi connectivity index (χ3v) is 4.33. The molecule has 0 saturated carbocycles. The number of rotatable bonds is 6. The lowest BCUT2D eigenvalue weighted by molar-refractivity contribution is -0.143. The van der Waals surface area contributed by atoms with Gasteiger partial charge in [-0.15, -0.1) is 6.58 Å². The van der Waals surface area contributed by atoms with Gasteiger partial charge in [-0.1, -0.05) is 36.4 Å². The van der Waals surface area contributed by atoms with E-state index < -0.39 is 35.1 Å². The summed E-state index contributed by atoms with van der Waals surface area (Å²) in [7, 11) is 0. The molecule has 0 unspecified atom stereocenters. The van der Waals surface area contributed by atoms with Crippen molar-refractivity contribution in [2.75, 3.05) is 6.61 Å². The molecule has 0 aliphatic rings. The van der Waals surface area contributed by atoms with Crippen LogP contribution in [0, 0.1) is 0 Å². The van der Waals surface area contributed by atoms with Gasteiger partial charge in [0.15, 0.2) is 0 Å². The Morgan fingerprint density at radius 1 is 0.929 bits per heavy atom. The molecule has 0 radical (unpaired) electrons. The molecule has 0 saturated heterocycles. The highest BCUT2D eigenvalue weighted by Crippen LogP contribution is 2.38. The van der Waals surface area contributed by atoms with Crippen LogP contribution in [0.15, 0.2) is 61.2 Å². The maximum atomic E-state index is 13.0. The summed E-state index contributed by atoms with van der Waals surface area (Å²) < 4.78 is 83.6. The fraction of sp³-hybridized carbons (Fsp3) is 0.300. The summed E-state index contributed by atoms with van der Waals surface area (Å²) in [4.78, 5) is 0. The molecule has 152 valence electrons. The molecule has 2 aromatic rings. The molecule has 0 fully saturated rings. The summed E-state index contributed by atoms with van der Waals surface area (Å²) in [6.45, 7) is 4.83. The van der Waals surface area contributed by atoms with E-state index in [0.29, 0.717) is 17.7 Å². The highest BCUT2D eigenvalue weighted by molar-refractivity contribution is 5.35. The molecule has 28 heavy (non-hydrogen) atoms. The molecular weight excluding hydrogens is 384 g/mol. The first-order valence-corrected chi connectivity index (χ1v) is 8.26. The van der Waals surface area contributed by atoms with E-state index in [1.807, 2.05) is 0 Å². The van der Waals surface area contributed by atoms with Crippen molar-refractivity contribution in [2.24, 2.45) is 5.73 Å². The van der Waals surface area contributed by atoms with Gasteiger partial charge in [-0.3, -0.25) is 0 Å². The lowest BCUT2D eigenvalue weighted by atomic mass is 9.92. The zero-order valence-corrected chi connectivity index (χ0v) is 14.9. The third kappa shape index (κ3) is 5.14. The smallest absolute Gasteiger partial charge is 0.371 e. The number of nitrogens with two attached hydrogens (primary N) is 1. The zero-order valence-electron chi connectivity index (χ0n) is 14.9. The van der Waals surface area contributed by atoms with E-state index >= 15 is 0 Å². The van der Waals surface area contributed by atoms with Crippen LogP contribution in [0.25, 0.3) is 0 Å². The van der Waals surface area contributed by atoms with E-state index in [9.17, 15) is 26.3 Å². The molecule has 0 heterocycles.